The van der Waals surface area contributed by atoms with Crippen molar-refractivity contribution in [3.63, 3.8) is 0 Å². The van der Waals surface area contributed by atoms with Crippen LogP contribution in [-0.4, -0.2) is 25.9 Å². The third-order valence-electron chi connectivity index (χ3n) is 5.14. The highest BCUT2D eigenvalue weighted by Crippen LogP contribution is 2.36. The number of aromatic nitrogens is 1. The molecule has 0 aliphatic heterocycles. The normalized spacial score (nSPS) is 11.2. The van der Waals surface area contributed by atoms with E-state index in [-0.39, 0.29) is 10.6 Å². The van der Waals surface area contributed by atoms with Gasteiger partial charge in [-0.15, -0.1) is 0 Å². The van der Waals surface area contributed by atoms with Crippen LogP contribution in [0.2, 0.25) is 0 Å². The quantitative estimate of drug-likeness (QED) is 0.133. The second-order valence-electron chi connectivity index (χ2n) is 7.68. The number of nitrogens with zero attached hydrogens (tertiary/aromatic N) is 1. The minimum atomic E-state index is -4.17. The van der Waals surface area contributed by atoms with Crippen LogP contribution in [0, 0.1) is 0 Å². The average molecular weight is 508 g/mol. The Kier molecular flexibility index (Phi) is 7.94. The third kappa shape index (κ3) is 6.15. The number of hydrogen-bond acceptors (Lipinski definition) is 6. The first-order valence-electron chi connectivity index (χ1n) is 11.2. The van der Waals surface area contributed by atoms with Crippen LogP contribution in [0.3, 0.4) is 0 Å². The molecule has 180 valence electrons. The van der Waals surface area contributed by atoms with E-state index in [1.165, 1.54) is 17.8 Å². The van der Waals surface area contributed by atoms with E-state index in [0.29, 0.717) is 22.9 Å². The van der Waals surface area contributed by atoms with Gasteiger partial charge in [0.1, 0.15) is 16.4 Å². The lowest BCUT2D eigenvalue weighted by Gasteiger charge is -2.14. The van der Waals surface area contributed by atoms with Gasteiger partial charge in [0.25, 0.3) is 0 Å². The number of unbranched alkanes of at least 4 members (excludes halogenated alkanes) is 1. The summed E-state index contributed by atoms with van der Waals surface area (Å²) in [6.07, 6.45) is 4.47. The Bertz CT molecular complexity index is 1380. The summed E-state index contributed by atoms with van der Waals surface area (Å²) in [5.74, 6) is 0.990. The van der Waals surface area contributed by atoms with Gasteiger partial charge < -0.3 is 13.5 Å². The van der Waals surface area contributed by atoms with E-state index in [1.54, 1.807) is 65.4 Å². The molecule has 0 spiro atoms. The lowest BCUT2D eigenvalue weighted by Crippen LogP contribution is -2.12. The molecule has 0 bridgehead atoms. The van der Waals surface area contributed by atoms with Crippen LogP contribution in [0.5, 0.6) is 11.5 Å². The highest BCUT2D eigenvalue weighted by Gasteiger charge is 2.23. The highest BCUT2D eigenvalue weighted by atomic mass is 32.2. The van der Waals surface area contributed by atoms with E-state index in [4.69, 9.17) is 8.92 Å². The number of aldehydes is 1. The van der Waals surface area contributed by atoms with E-state index < -0.39 is 10.1 Å². The summed E-state index contributed by atoms with van der Waals surface area (Å²) in [6, 6.07) is 24.3. The first kappa shape index (κ1) is 24.6. The van der Waals surface area contributed by atoms with Gasteiger partial charge in [0.15, 0.2) is 6.29 Å². The van der Waals surface area contributed by atoms with E-state index in [9.17, 15) is 13.2 Å². The molecule has 1 aromatic heterocycles. The molecule has 0 fully saturated rings. The zero-order valence-electron chi connectivity index (χ0n) is 19.2. The molecule has 0 atom stereocenters. The molecule has 0 saturated carbocycles. The van der Waals surface area contributed by atoms with Gasteiger partial charge in [-0.3, -0.25) is 4.79 Å². The summed E-state index contributed by atoms with van der Waals surface area (Å²) in [5, 5.41) is 0. The van der Waals surface area contributed by atoms with Crippen molar-refractivity contribution in [2.24, 2.45) is 0 Å². The summed E-state index contributed by atoms with van der Waals surface area (Å²) in [4.78, 5) is 12.8. The van der Waals surface area contributed by atoms with Crippen LogP contribution in [0.4, 0.5) is 0 Å². The van der Waals surface area contributed by atoms with Crippen LogP contribution in [0.15, 0.2) is 106 Å². The monoisotopic (exact) mass is 507 g/mol. The Morgan fingerprint density at radius 1 is 0.914 bits per heavy atom. The van der Waals surface area contributed by atoms with Crippen molar-refractivity contribution in [2.75, 3.05) is 6.61 Å². The summed E-state index contributed by atoms with van der Waals surface area (Å²) in [7, 11) is -4.17. The first-order chi connectivity index (χ1) is 17.0. The summed E-state index contributed by atoms with van der Waals surface area (Å²) >= 11 is 1.31. The molecule has 4 rings (SSSR count). The molecule has 0 unspecified atom stereocenters. The molecule has 1 heterocycles. The lowest BCUT2D eigenvalue weighted by molar-refractivity contribution is 0.111. The number of hydrogen-bond donors (Lipinski definition) is 0. The van der Waals surface area contributed by atoms with Crippen LogP contribution in [0.25, 0.3) is 5.69 Å². The van der Waals surface area contributed by atoms with Crippen molar-refractivity contribution in [1.29, 1.82) is 0 Å². The number of benzene rings is 3. The molecule has 8 heteroatoms. The van der Waals surface area contributed by atoms with Gasteiger partial charge in [-0.05, 0) is 73.2 Å². The fraction of sp³-hybridized carbons (Fsp3) is 0.148. The number of carbonyl (C=O) groups excluding carboxylic acids is 1. The maximum Gasteiger partial charge on any atom is 0.340 e. The van der Waals surface area contributed by atoms with Crippen molar-refractivity contribution in [2.45, 2.75) is 34.5 Å². The SMILES string of the molecule is CCCCOc1ccc(Sc2ccc(-n3cccc3C=O)cc2S(=O)(=O)Oc2ccccc2)cc1. The van der Waals surface area contributed by atoms with Crippen LogP contribution < -0.4 is 8.92 Å². The maximum absolute atomic E-state index is 13.4. The second kappa shape index (κ2) is 11.3. The Labute approximate surface area is 209 Å². The predicted molar refractivity (Wildman–Crippen MR) is 136 cm³/mol. The molecule has 0 aliphatic carbocycles. The van der Waals surface area contributed by atoms with Gasteiger partial charge >= 0.3 is 10.1 Å². The Morgan fingerprint density at radius 3 is 2.40 bits per heavy atom. The van der Waals surface area contributed by atoms with E-state index in [2.05, 4.69) is 6.92 Å². The Hall–Kier alpha value is -3.49. The zero-order valence-corrected chi connectivity index (χ0v) is 20.8. The number of carbonyl (C=O) groups is 1. The first-order valence-corrected chi connectivity index (χ1v) is 13.4. The predicted octanol–water partition coefficient (Wildman–Crippen LogP) is 6.39. The molecule has 3 aromatic carbocycles. The molecule has 0 aliphatic rings. The van der Waals surface area contributed by atoms with E-state index in [0.717, 1.165) is 29.8 Å². The molecule has 0 N–H and O–H groups in total. The summed E-state index contributed by atoms with van der Waals surface area (Å²) < 4.78 is 39.5. The van der Waals surface area contributed by atoms with Crippen molar-refractivity contribution < 1.29 is 22.1 Å². The number of rotatable bonds is 11. The number of ether oxygens (including phenoxy) is 1. The molecule has 35 heavy (non-hydrogen) atoms. The maximum atomic E-state index is 13.4. The second-order valence-corrected chi connectivity index (χ2v) is 10.3. The van der Waals surface area contributed by atoms with Crippen molar-refractivity contribution in [1.82, 2.24) is 4.57 Å². The molecule has 4 aromatic rings. The van der Waals surface area contributed by atoms with Crippen LogP contribution in [-0.2, 0) is 10.1 Å². The van der Waals surface area contributed by atoms with Crippen LogP contribution >= 0.6 is 11.8 Å². The average Bonchev–Trinajstić information content (AvgIpc) is 3.35. The van der Waals surface area contributed by atoms with Gasteiger partial charge in [-0.2, -0.15) is 8.42 Å². The Morgan fingerprint density at radius 2 is 1.69 bits per heavy atom. The highest BCUT2D eigenvalue weighted by molar-refractivity contribution is 8.00. The minimum absolute atomic E-state index is 0.0117. The van der Waals surface area contributed by atoms with Gasteiger partial charge in [0.05, 0.1) is 12.3 Å². The van der Waals surface area contributed by atoms with Gasteiger partial charge in [0, 0.05) is 21.7 Å². The van der Waals surface area contributed by atoms with E-state index in [1.807, 2.05) is 24.3 Å². The summed E-state index contributed by atoms with van der Waals surface area (Å²) in [6.45, 7) is 2.77. The smallest absolute Gasteiger partial charge is 0.340 e. The molecular formula is C27H25NO5S2. The van der Waals surface area contributed by atoms with Gasteiger partial charge in [-0.1, -0.05) is 43.3 Å². The third-order valence-corrected chi connectivity index (χ3v) is 7.64. The van der Waals surface area contributed by atoms with Gasteiger partial charge in [0.2, 0.25) is 0 Å². The molecular weight excluding hydrogens is 482 g/mol. The van der Waals surface area contributed by atoms with Crippen molar-refractivity contribution >= 4 is 28.2 Å². The fourth-order valence-corrected chi connectivity index (χ4v) is 5.65. The topological polar surface area (TPSA) is 74.6 Å². The summed E-state index contributed by atoms with van der Waals surface area (Å²) in [5.41, 5.74) is 0.952. The Balaban J connectivity index is 1.68. The number of para-hydroxylation sites is 1. The lowest BCUT2D eigenvalue weighted by atomic mass is 10.3. The van der Waals surface area contributed by atoms with Gasteiger partial charge in [-0.25, -0.2) is 0 Å². The van der Waals surface area contributed by atoms with Crippen molar-refractivity contribution in [3.05, 3.63) is 96.8 Å². The fourth-order valence-electron chi connectivity index (χ4n) is 3.36. The standard InChI is InChI=1S/C27H25NO5S2/c1-2-3-18-32-23-12-14-25(15-13-23)34-26-16-11-21(28-17-7-8-22(28)20-29)19-27(26)35(30,31)33-24-9-5-4-6-10-24/h4-17,19-20H,2-3,18H2,1H3. The minimum Gasteiger partial charge on any atom is -0.494 e. The molecule has 0 radical (unpaired) electrons. The molecule has 0 saturated heterocycles. The molecule has 6 nitrogen and oxygen atoms in total. The zero-order chi connectivity index (χ0) is 24.7. The van der Waals surface area contributed by atoms with E-state index >= 15 is 0 Å². The van der Waals surface area contributed by atoms with Crippen molar-refractivity contribution in [3.8, 4) is 17.2 Å². The molecule has 0 amide bonds. The largest absolute Gasteiger partial charge is 0.494 e. The van der Waals surface area contributed by atoms with Crippen LogP contribution in [0.1, 0.15) is 30.3 Å².